The summed E-state index contributed by atoms with van der Waals surface area (Å²) >= 11 is 0. The Balaban J connectivity index is 2.13. The fourth-order valence-corrected chi connectivity index (χ4v) is 2.48. The van der Waals surface area contributed by atoms with Gasteiger partial charge in [0.1, 0.15) is 5.69 Å². The van der Waals surface area contributed by atoms with Crippen LogP contribution in [-0.2, 0) is 4.79 Å². The Labute approximate surface area is 110 Å². The number of rotatable bonds is 4. The fraction of sp³-hybridized carbons (Fsp3) is 0.462. The molecule has 6 nitrogen and oxygen atoms in total. The van der Waals surface area contributed by atoms with E-state index in [0.29, 0.717) is 18.5 Å². The first-order chi connectivity index (χ1) is 8.97. The third-order valence-electron chi connectivity index (χ3n) is 3.49. The van der Waals surface area contributed by atoms with Crippen LogP contribution in [0.15, 0.2) is 18.2 Å². The smallest absolute Gasteiger partial charge is 0.306 e. The van der Waals surface area contributed by atoms with E-state index in [0.717, 1.165) is 12.0 Å². The lowest BCUT2D eigenvalue weighted by atomic mass is 10.1. The number of nitrogens with one attached hydrogen (secondary N) is 1. The summed E-state index contributed by atoms with van der Waals surface area (Å²) in [6, 6.07) is 4.88. The number of aryl methyl sites for hydroxylation is 1. The quantitative estimate of drug-likeness (QED) is 0.644. The summed E-state index contributed by atoms with van der Waals surface area (Å²) in [4.78, 5) is 21.4. The molecule has 1 fully saturated rings. The maximum absolute atomic E-state index is 11.0. The van der Waals surface area contributed by atoms with Gasteiger partial charge in [-0.15, -0.1) is 0 Å². The van der Waals surface area contributed by atoms with Gasteiger partial charge in [-0.3, -0.25) is 14.9 Å². The predicted octanol–water partition coefficient (Wildman–Crippen LogP) is 2.57. The number of carbonyl (C=O) groups is 1. The number of carboxylic acid groups (broad SMARTS) is 1. The average molecular weight is 264 g/mol. The number of hydrogen-bond donors (Lipinski definition) is 2. The van der Waals surface area contributed by atoms with Gasteiger partial charge in [-0.1, -0.05) is 6.07 Å². The molecule has 1 aromatic rings. The lowest BCUT2D eigenvalue weighted by Crippen LogP contribution is -2.18. The van der Waals surface area contributed by atoms with Gasteiger partial charge in [0, 0.05) is 12.1 Å². The molecule has 1 saturated carbocycles. The molecule has 6 heteroatoms. The van der Waals surface area contributed by atoms with E-state index in [1.54, 1.807) is 12.1 Å². The van der Waals surface area contributed by atoms with E-state index < -0.39 is 10.9 Å². The van der Waals surface area contributed by atoms with E-state index in [4.69, 9.17) is 5.11 Å². The topological polar surface area (TPSA) is 92.5 Å². The molecule has 2 rings (SSSR count). The minimum atomic E-state index is -0.789. The first-order valence-electron chi connectivity index (χ1n) is 6.21. The van der Waals surface area contributed by atoms with Crippen LogP contribution in [0.2, 0.25) is 0 Å². The van der Waals surface area contributed by atoms with Crippen LogP contribution in [0.1, 0.15) is 24.8 Å². The van der Waals surface area contributed by atoms with Crippen molar-refractivity contribution < 1.29 is 14.8 Å². The summed E-state index contributed by atoms with van der Waals surface area (Å²) in [6.07, 6.45) is 1.86. The van der Waals surface area contributed by atoms with Gasteiger partial charge in [0.05, 0.1) is 10.8 Å². The summed E-state index contributed by atoms with van der Waals surface area (Å²) < 4.78 is 0. The van der Waals surface area contributed by atoms with Crippen molar-refractivity contribution >= 4 is 17.3 Å². The molecule has 1 aromatic carbocycles. The van der Waals surface area contributed by atoms with Crippen LogP contribution in [0, 0.1) is 23.0 Å². The standard InChI is InChI=1S/C13H16N2O4/c1-8-2-5-12(15(18)19)11(6-8)14-10-4-3-9(7-10)13(16)17/h2,5-6,9-10,14H,3-4,7H2,1H3,(H,16,17)/t9-,10+/m1/s1. The van der Waals surface area contributed by atoms with Gasteiger partial charge in [-0.05, 0) is 37.8 Å². The van der Waals surface area contributed by atoms with Crippen molar-refractivity contribution in [1.82, 2.24) is 0 Å². The molecule has 0 aromatic heterocycles. The molecule has 0 aliphatic heterocycles. The van der Waals surface area contributed by atoms with Crippen molar-refractivity contribution in [2.75, 3.05) is 5.32 Å². The Morgan fingerprint density at radius 1 is 1.47 bits per heavy atom. The highest BCUT2D eigenvalue weighted by Gasteiger charge is 2.30. The highest BCUT2D eigenvalue weighted by molar-refractivity contribution is 5.71. The second kappa shape index (κ2) is 5.26. The van der Waals surface area contributed by atoms with Crippen molar-refractivity contribution in [3.63, 3.8) is 0 Å². The largest absolute Gasteiger partial charge is 0.481 e. The number of hydrogen-bond acceptors (Lipinski definition) is 4. The number of aliphatic carboxylic acids is 1. The van der Waals surface area contributed by atoms with Crippen LogP contribution >= 0.6 is 0 Å². The zero-order chi connectivity index (χ0) is 14.0. The summed E-state index contributed by atoms with van der Waals surface area (Å²) in [5.41, 5.74) is 1.44. The molecular formula is C13H16N2O4. The Bertz CT molecular complexity index is 515. The van der Waals surface area contributed by atoms with E-state index >= 15 is 0 Å². The number of benzene rings is 1. The molecule has 2 N–H and O–H groups in total. The lowest BCUT2D eigenvalue weighted by molar-refractivity contribution is -0.384. The maximum Gasteiger partial charge on any atom is 0.306 e. The van der Waals surface area contributed by atoms with Crippen LogP contribution in [0.4, 0.5) is 11.4 Å². The normalized spacial score (nSPS) is 22.2. The van der Waals surface area contributed by atoms with E-state index in [2.05, 4.69) is 5.32 Å². The van der Waals surface area contributed by atoms with Crippen LogP contribution in [0.25, 0.3) is 0 Å². The Kier molecular flexibility index (Phi) is 3.69. The van der Waals surface area contributed by atoms with Crippen molar-refractivity contribution in [3.05, 3.63) is 33.9 Å². The number of carboxylic acids is 1. The van der Waals surface area contributed by atoms with Gasteiger partial charge in [0.25, 0.3) is 5.69 Å². The summed E-state index contributed by atoms with van der Waals surface area (Å²) in [6.45, 7) is 1.86. The van der Waals surface area contributed by atoms with Crippen LogP contribution < -0.4 is 5.32 Å². The molecule has 0 radical (unpaired) electrons. The van der Waals surface area contributed by atoms with E-state index in [9.17, 15) is 14.9 Å². The summed E-state index contributed by atoms with van der Waals surface area (Å²) in [7, 11) is 0. The van der Waals surface area contributed by atoms with Gasteiger partial charge in [0.2, 0.25) is 0 Å². The van der Waals surface area contributed by atoms with E-state index in [1.807, 2.05) is 6.92 Å². The molecule has 0 saturated heterocycles. The molecule has 1 aliphatic rings. The fourth-order valence-electron chi connectivity index (χ4n) is 2.48. The number of nitro benzene ring substituents is 1. The molecule has 0 amide bonds. The molecule has 0 unspecified atom stereocenters. The Morgan fingerprint density at radius 3 is 2.79 bits per heavy atom. The van der Waals surface area contributed by atoms with E-state index in [1.165, 1.54) is 6.07 Å². The third-order valence-corrected chi connectivity index (χ3v) is 3.49. The van der Waals surface area contributed by atoms with Crippen molar-refractivity contribution in [2.24, 2.45) is 5.92 Å². The number of nitro groups is 1. The predicted molar refractivity (Wildman–Crippen MR) is 70.2 cm³/mol. The second-order valence-electron chi connectivity index (χ2n) is 4.97. The third kappa shape index (κ3) is 3.01. The van der Waals surface area contributed by atoms with Gasteiger partial charge < -0.3 is 10.4 Å². The summed E-state index contributed by atoms with van der Waals surface area (Å²) in [5, 5.41) is 23.0. The number of anilines is 1. The van der Waals surface area contributed by atoms with E-state index in [-0.39, 0.29) is 17.6 Å². The van der Waals surface area contributed by atoms with Crippen LogP contribution in [-0.4, -0.2) is 22.0 Å². The lowest BCUT2D eigenvalue weighted by Gasteiger charge is -2.14. The van der Waals surface area contributed by atoms with Crippen molar-refractivity contribution in [2.45, 2.75) is 32.2 Å². The Morgan fingerprint density at radius 2 is 2.21 bits per heavy atom. The monoisotopic (exact) mass is 264 g/mol. The average Bonchev–Trinajstić information content (AvgIpc) is 2.77. The summed E-state index contributed by atoms with van der Waals surface area (Å²) in [5.74, 6) is -1.13. The van der Waals surface area contributed by atoms with Gasteiger partial charge >= 0.3 is 5.97 Å². The SMILES string of the molecule is Cc1ccc([N+](=O)[O-])c(N[C@H]2CC[C@@H](C(=O)O)C2)c1. The molecule has 0 bridgehead atoms. The maximum atomic E-state index is 11.0. The van der Waals surface area contributed by atoms with Gasteiger partial charge in [-0.2, -0.15) is 0 Å². The second-order valence-corrected chi connectivity index (χ2v) is 4.97. The molecule has 0 spiro atoms. The van der Waals surface area contributed by atoms with Gasteiger partial charge in [-0.25, -0.2) is 0 Å². The van der Waals surface area contributed by atoms with Crippen molar-refractivity contribution in [3.8, 4) is 0 Å². The Hall–Kier alpha value is -2.11. The molecule has 19 heavy (non-hydrogen) atoms. The highest BCUT2D eigenvalue weighted by Crippen LogP contribution is 2.32. The van der Waals surface area contributed by atoms with Crippen LogP contribution in [0.5, 0.6) is 0 Å². The first kappa shape index (κ1) is 13.3. The molecule has 0 heterocycles. The minimum absolute atomic E-state index is 0.0124. The minimum Gasteiger partial charge on any atom is -0.481 e. The molecule has 1 aliphatic carbocycles. The number of nitrogens with zero attached hydrogens (tertiary/aromatic N) is 1. The molecule has 102 valence electrons. The first-order valence-corrected chi connectivity index (χ1v) is 6.21. The zero-order valence-corrected chi connectivity index (χ0v) is 10.6. The van der Waals surface area contributed by atoms with Crippen molar-refractivity contribution in [1.29, 1.82) is 0 Å². The highest BCUT2D eigenvalue weighted by atomic mass is 16.6. The van der Waals surface area contributed by atoms with Gasteiger partial charge in [0.15, 0.2) is 0 Å². The molecule has 2 atom stereocenters. The van der Waals surface area contributed by atoms with Crippen LogP contribution in [0.3, 0.4) is 0 Å². The molecular weight excluding hydrogens is 248 g/mol. The zero-order valence-electron chi connectivity index (χ0n) is 10.6.